The number of fused-ring (bicyclic) bond motifs is 1. The van der Waals surface area contributed by atoms with E-state index in [4.69, 9.17) is 0 Å². The predicted octanol–water partition coefficient (Wildman–Crippen LogP) is 0.327. The van der Waals surface area contributed by atoms with Crippen LogP contribution in [0.1, 0.15) is 0 Å². The highest BCUT2D eigenvalue weighted by Crippen LogP contribution is 2.14. The lowest BCUT2D eigenvalue weighted by Crippen LogP contribution is -2.05. The Kier molecular flexibility index (Phi) is 2.08. The van der Waals surface area contributed by atoms with Gasteiger partial charge in [-0.1, -0.05) is 0 Å². The van der Waals surface area contributed by atoms with E-state index >= 15 is 0 Å². The number of benzene rings is 1. The molecule has 78 valence electrons. The van der Waals surface area contributed by atoms with Crippen molar-refractivity contribution >= 4 is 20.9 Å². The van der Waals surface area contributed by atoms with Gasteiger partial charge in [-0.3, -0.25) is 4.79 Å². The molecule has 0 aliphatic heterocycles. The van der Waals surface area contributed by atoms with Crippen LogP contribution < -0.4 is 5.56 Å². The lowest BCUT2D eigenvalue weighted by molar-refractivity contribution is 0.602. The fourth-order valence-electron chi connectivity index (χ4n) is 1.25. The quantitative estimate of drug-likeness (QED) is 0.756. The summed E-state index contributed by atoms with van der Waals surface area (Å²) >= 11 is 0. The molecule has 0 aliphatic rings. The molecule has 0 fully saturated rings. The number of hydrogen-bond donors (Lipinski definition) is 1. The monoisotopic (exact) mass is 224 g/mol. The summed E-state index contributed by atoms with van der Waals surface area (Å²) in [5, 5.41) is 0. The molecular weight excluding hydrogens is 216 g/mol. The summed E-state index contributed by atoms with van der Waals surface area (Å²) in [5.74, 6) is 0. The van der Waals surface area contributed by atoms with Gasteiger partial charge in [0.2, 0.25) is 0 Å². The van der Waals surface area contributed by atoms with Crippen LogP contribution in [-0.4, -0.2) is 24.6 Å². The fourth-order valence-corrected chi connectivity index (χ4v) is 1.89. The molecule has 2 aromatic rings. The zero-order valence-corrected chi connectivity index (χ0v) is 8.71. The number of H-pyrrole nitrogens is 1. The molecule has 15 heavy (non-hydrogen) atoms. The maximum atomic E-state index is 11.2. The lowest BCUT2D eigenvalue weighted by Gasteiger charge is -1.99. The Labute approximate surface area is 85.7 Å². The molecule has 0 radical (unpaired) electrons. The number of aromatic nitrogens is 2. The first-order valence-corrected chi connectivity index (χ1v) is 6.05. The summed E-state index contributed by atoms with van der Waals surface area (Å²) in [4.78, 5) is 17.5. The highest BCUT2D eigenvalue weighted by atomic mass is 32.2. The average molecular weight is 224 g/mol. The number of hydrogen-bond acceptors (Lipinski definition) is 4. The Morgan fingerprint density at radius 2 is 2.07 bits per heavy atom. The van der Waals surface area contributed by atoms with E-state index in [9.17, 15) is 13.2 Å². The van der Waals surface area contributed by atoms with Crippen molar-refractivity contribution in [1.82, 2.24) is 9.97 Å². The van der Waals surface area contributed by atoms with Crippen molar-refractivity contribution in [3.63, 3.8) is 0 Å². The molecule has 0 atom stereocenters. The molecule has 1 aromatic carbocycles. The Morgan fingerprint density at radius 1 is 1.33 bits per heavy atom. The molecule has 0 spiro atoms. The van der Waals surface area contributed by atoms with Crippen molar-refractivity contribution in [2.45, 2.75) is 4.90 Å². The number of rotatable bonds is 1. The standard InChI is InChI=1S/C9H8N2O3S/c1-15(13,14)6-2-3-7-8(4-6)10-5-9(12)11-7/h2-5H,1H3,(H,11,12). The molecule has 1 aromatic heterocycles. The Bertz CT molecular complexity index is 673. The second-order valence-corrected chi connectivity index (χ2v) is 5.21. The van der Waals surface area contributed by atoms with Gasteiger partial charge < -0.3 is 4.98 Å². The minimum absolute atomic E-state index is 0.189. The summed E-state index contributed by atoms with van der Waals surface area (Å²) in [7, 11) is -3.24. The van der Waals surface area contributed by atoms with Gasteiger partial charge in [-0.05, 0) is 18.2 Å². The van der Waals surface area contributed by atoms with Gasteiger partial charge in [0.05, 0.1) is 22.1 Å². The minimum atomic E-state index is -3.24. The van der Waals surface area contributed by atoms with Crippen LogP contribution in [0.5, 0.6) is 0 Å². The number of sulfone groups is 1. The van der Waals surface area contributed by atoms with Gasteiger partial charge in [0.15, 0.2) is 9.84 Å². The third kappa shape index (κ3) is 1.89. The van der Waals surface area contributed by atoms with Gasteiger partial charge in [0, 0.05) is 6.26 Å². The van der Waals surface area contributed by atoms with Crippen molar-refractivity contribution in [2.75, 3.05) is 6.26 Å². The van der Waals surface area contributed by atoms with E-state index in [1.54, 1.807) is 0 Å². The summed E-state index contributed by atoms with van der Waals surface area (Å²) in [6, 6.07) is 4.40. The van der Waals surface area contributed by atoms with Gasteiger partial charge in [0.25, 0.3) is 5.56 Å². The van der Waals surface area contributed by atoms with Gasteiger partial charge >= 0.3 is 0 Å². The smallest absolute Gasteiger partial charge is 0.266 e. The van der Waals surface area contributed by atoms with E-state index in [-0.39, 0.29) is 10.5 Å². The zero-order valence-electron chi connectivity index (χ0n) is 7.89. The number of nitrogens with one attached hydrogen (secondary N) is 1. The van der Waals surface area contributed by atoms with Crippen LogP contribution in [0.3, 0.4) is 0 Å². The van der Waals surface area contributed by atoms with Crippen LogP contribution in [0.15, 0.2) is 34.1 Å². The molecule has 0 aliphatic carbocycles. The molecule has 0 saturated heterocycles. The Morgan fingerprint density at radius 3 is 2.73 bits per heavy atom. The highest BCUT2D eigenvalue weighted by Gasteiger charge is 2.07. The normalized spacial score (nSPS) is 11.8. The van der Waals surface area contributed by atoms with Crippen molar-refractivity contribution in [3.8, 4) is 0 Å². The fraction of sp³-hybridized carbons (Fsp3) is 0.111. The highest BCUT2D eigenvalue weighted by molar-refractivity contribution is 7.90. The SMILES string of the molecule is CS(=O)(=O)c1ccc2[nH]c(=O)cnc2c1. The van der Waals surface area contributed by atoms with Crippen molar-refractivity contribution in [1.29, 1.82) is 0 Å². The largest absolute Gasteiger partial charge is 0.319 e. The van der Waals surface area contributed by atoms with Gasteiger partial charge in [-0.2, -0.15) is 0 Å². The summed E-state index contributed by atoms with van der Waals surface area (Å²) in [6.07, 6.45) is 2.24. The number of aromatic amines is 1. The molecule has 0 saturated carbocycles. The Hall–Kier alpha value is -1.69. The third-order valence-electron chi connectivity index (χ3n) is 1.98. The molecular formula is C9H8N2O3S. The average Bonchev–Trinajstić information content (AvgIpc) is 2.15. The van der Waals surface area contributed by atoms with Crippen molar-refractivity contribution in [3.05, 3.63) is 34.7 Å². The summed E-state index contributed by atoms with van der Waals surface area (Å²) in [6.45, 7) is 0. The lowest BCUT2D eigenvalue weighted by atomic mass is 10.3. The molecule has 1 heterocycles. The first-order chi connectivity index (χ1) is 6.97. The van der Waals surface area contributed by atoms with E-state index in [1.807, 2.05) is 0 Å². The van der Waals surface area contributed by atoms with Crippen LogP contribution in [0, 0.1) is 0 Å². The van der Waals surface area contributed by atoms with Crippen molar-refractivity contribution < 1.29 is 8.42 Å². The van der Waals surface area contributed by atoms with E-state index < -0.39 is 9.84 Å². The Balaban J connectivity index is 2.78. The predicted molar refractivity (Wildman–Crippen MR) is 55.5 cm³/mol. The molecule has 5 nitrogen and oxygen atoms in total. The molecule has 0 unspecified atom stereocenters. The second kappa shape index (κ2) is 3.16. The van der Waals surface area contributed by atoms with E-state index in [1.165, 1.54) is 18.2 Å². The molecule has 0 bridgehead atoms. The topological polar surface area (TPSA) is 79.9 Å². The van der Waals surface area contributed by atoms with Crippen LogP contribution >= 0.6 is 0 Å². The van der Waals surface area contributed by atoms with Crippen LogP contribution in [0.2, 0.25) is 0 Å². The molecule has 0 amide bonds. The van der Waals surface area contributed by atoms with Crippen LogP contribution in [0.25, 0.3) is 11.0 Å². The van der Waals surface area contributed by atoms with Crippen molar-refractivity contribution in [2.24, 2.45) is 0 Å². The van der Waals surface area contributed by atoms with E-state index in [0.717, 1.165) is 12.5 Å². The van der Waals surface area contributed by atoms with Crippen LogP contribution in [-0.2, 0) is 9.84 Å². The number of nitrogens with zero attached hydrogens (tertiary/aromatic N) is 1. The zero-order chi connectivity index (χ0) is 11.1. The summed E-state index contributed by atoms with van der Waals surface area (Å²) in [5.41, 5.74) is 0.669. The maximum absolute atomic E-state index is 11.2. The van der Waals surface area contributed by atoms with Crippen LogP contribution in [0.4, 0.5) is 0 Å². The maximum Gasteiger partial charge on any atom is 0.266 e. The van der Waals surface area contributed by atoms with Gasteiger partial charge in [-0.15, -0.1) is 0 Å². The van der Waals surface area contributed by atoms with E-state index in [0.29, 0.717) is 11.0 Å². The van der Waals surface area contributed by atoms with Gasteiger partial charge in [0.1, 0.15) is 0 Å². The third-order valence-corrected chi connectivity index (χ3v) is 3.09. The first-order valence-electron chi connectivity index (χ1n) is 4.16. The van der Waals surface area contributed by atoms with Gasteiger partial charge in [-0.25, -0.2) is 13.4 Å². The molecule has 6 heteroatoms. The molecule has 2 rings (SSSR count). The van der Waals surface area contributed by atoms with E-state index in [2.05, 4.69) is 9.97 Å². The minimum Gasteiger partial charge on any atom is -0.319 e. The molecule has 1 N–H and O–H groups in total. The first kappa shape index (κ1) is 9.85. The second-order valence-electron chi connectivity index (χ2n) is 3.20. The summed E-state index contributed by atoms with van der Waals surface area (Å²) < 4.78 is 22.5.